The number of rotatable bonds is 4. The quantitative estimate of drug-likeness (QED) is 0.618. The molecule has 11 heavy (non-hydrogen) atoms. The van der Waals surface area contributed by atoms with Crippen molar-refractivity contribution in [3.05, 3.63) is 11.8 Å². The van der Waals surface area contributed by atoms with Crippen LogP contribution in [-0.2, 0) is 0 Å². The maximum absolute atomic E-state index is 5.39. The van der Waals surface area contributed by atoms with E-state index in [1.54, 1.807) is 13.2 Å². The topological polar surface area (TPSA) is 38.4 Å². The summed E-state index contributed by atoms with van der Waals surface area (Å²) in [5.41, 5.74) is 6.52. The van der Waals surface area contributed by atoms with Crippen molar-refractivity contribution < 1.29 is 0 Å². The Balaban J connectivity index is 3.72. The predicted octanol–water partition coefficient (Wildman–Crippen LogP) is 1.97. The molecule has 0 spiro atoms. The van der Waals surface area contributed by atoms with Crippen molar-refractivity contribution in [3.8, 4) is 0 Å². The van der Waals surface area contributed by atoms with Crippen molar-refractivity contribution in [2.24, 2.45) is 16.6 Å². The Kier molecular flexibility index (Phi) is 5.53. The van der Waals surface area contributed by atoms with Gasteiger partial charge in [0.25, 0.3) is 0 Å². The standard InChI is InChI=1S/C9H18N2/c1-8(2)4-5-9(6-10)7-11-3/h6-8H,4-5,10H2,1-3H3/b9-6-,11-7?. The smallest absolute Gasteiger partial charge is 0.0277 e. The number of nitrogens with two attached hydrogens (primary N) is 1. The highest BCUT2D eigenvalue weighted by Crippen LogP contribution is 2.08. The monoisotopic (exact) mass is 154 g/mol. The average Bonchev–Trinajstić information content (AvgIpc) is 1.97. The molecule has 0 heterocycles. The second-order valence-corrected chi connectivity index (χ2v) is 3.06. The van der Waals surface area contributed by atoms with E-state index in [1.807, 2.05) is 6.21 Å². The molecule has 2 nitrogen and oxygen atoms in total. The molecule has 0 aromatic heterocycles. The SMILES string of the molecule is CN=C/C(=C\N)CCC(C)C. The summed E-state index contributed by atoms with van der Waals surface area (Å²) in [4.78, 5) is 3.91. The van der Waals surface area contributed by atoms with Gasteiger partial charge in [-0.3, -0.25) is 4.99 Å². The second kappa shape index (κ2) is 5.96. The van der Waals surface area contributed by atoms with Crippen LogP contribution in [0.25, 0.3) is 0 Å². The van der Waals surface area contributed by atoms with Crippen molar-refractivity contribution in [2.75, 3.05) is 7.05 Å². The van der Waals surface area contributed by atoms with Crippen LogP contribution in [0.1, 0.15) is 26.7 Å². The number of allylic oxidation sites excluding steroid dienone is 1. The zero-order valence-corrected chi connectivity index (χ0v) is 7.67. The van der Waals surface area contributed by atoms with Gasteiger partial charge in [0.2, 0.25) is 0 Å². The van der Waals surface area contributed by atoms with Crippen LogP contribution in [0.2, 0.25) is 0 Å². The molecule has 0 aliphatic carbocycles. The molecule has 0 atom stereocenters. The molecule has 0 amide bonds. The van der Waals surface area contributed by atoms with E-state index >= 15 is 0 Å². The summed E-state index contributed by atoms with van der Waals surface area (Å²) in [6, 6.07) is 0. The first-order chi connectivity index (χ1) is 5.20. The van der Waals surface area contributed by atoms with Crippen molar-refractivity contribution >= 4 is 6.21 Å². The summed E-state index contributed by atoms with van der Waals surface area (Å²) in [7, 11) is 1.76. The highest BCUT2D eigenvalue weighted by Gasteiger charge is 1.96. The highest BCUT2D eigenvalue weighted by molar-refractivity contribution is 5.77. The normalized spacial score (nSPS) is 13.3. The van der Waals surface area contributed by atoms with Crippen LogP contribution < -0.4 is 5.73 Å². The Morgan fingerprint density at radius 1 is 1.55 bits per heavy atom. The van der Waals surface area contributed by atoms with E-state index in [1.165, 1.54) is 6.42 Å². The van der Waals surface area contributed by atoms with E-state index in [4.69, 9.17) is 5.73 Å². The van der Waals surface area contributed by atoms with Gasteiger partial charge in [-0.1, -0.05) is 13.8 Å². The summed E-state index contributed by atoms with van der Waals surface area (Å²) in [5.74, 6) is 0.732. The lowest BCUT2D eigenvalue weighted by Gasteiger charge is -2.03. The maximum Gasteiger partial charge on any atom is 0.0277 e. The first kappa shape index (κ1) is 10.2. The zero-order valence-electron chi connectivity index (χ0n) is 7.67. The Labute approximate surface area is 69.2 Å². The van der Waals surface area contributed by atoms with Gasteiger partial charge in [0.15, 0.2) is 0 Å². The van der Waals surface area contributed by atoms with Crippen LogP contribution in [0, 0.1) is 5.92 Å². The number of hydrogen-bond acceptors (Lipinski definition) is 2. The minimum absolute atomic E-state index is 0.732. The summed E-state index contributed by atoms with van der Waals surface area (Å²) in [6.07, 6.45) is 5.66. The van der Waals surface area contributed by atoms with Gasteiger partial charge in [0.1, 0.15) is 0 Å². The molecular formula is C9H18N2. The third kappa shape index (κ3) is 5.64. The molecule has 0 saturated carbocycles. The zero-order chi connectivity index (χ0) is 8.69. The van der Waals surface area contributed by atoms with E-state index in [0.717, 1.165) is 17.9 Å². The number of nitrogens with zero attached hydrogens (tertiary/aromatic N) is 1. The Morgan fingerprint density at radius 3 is 2.55 bits per heavy atom. The molecule has 0 aliphatic heterocycles. The molecule has 64 valence electrons. The lowest BCUT2D eigenvalue weighted by Crippen LogP contribution is -1.94. The fourth-order valence-corrected chi connectivity index (χ4v) is 0.812. The Morgan fingerprint density at radius 2 is 2.18 bits per heavy atom. The lowest BCUT2D eigenvalue weighted by atomic mass is 10.0. The predicted molar refractivity (Wildman–Crippen MR) is 50.8 cm³/mol. The van der Waals surface area contributed by atoms with Crippen LogP contribution in [0.3, 0.4) is 0 Å². The molecule has 0 radical (unpaired) electrons. The Bertz CT molecular complexity index is 146. The Hall–Kier alpha value is -0.790. The van der Waals surface area contributed by atoms with Gasteiger partial charge in [-0.2, -0.15) is 0 Å². The molecule has 0 aromatic rings. The van der Waals surface area contributed by atoms with Crippen molar-refractivity contribution in [2.45, 2.75) is 26.7 Å². The third-order valence-electron chi connectivity index (χ3n) is 1.52. The van der Waals surface area contributed by atoms with E-state index in [-0.39, 0.29) is 0 Å². The van der Waals surface area contributed by atoms with Crippen molar-refractivity contribution in [3.63, 3.8) is 0 Å². The van der Waals surface area contributed by atoms with Crippen LogP contribution in [0.15, 0.2) is 16.8 Å². The molecule has 0 unspecified atom stereocenters. The summed E-state index contributed by atoms with van der Waals surface area (Å²) in [5, 5.41) is 0. The molecule has 2 N–H and O–H groups in total. The van der Waals surface area contributed by atoms with Gasteiger partial charge in [-0.25, -0.2) is 0 Å². The summed E-state index contributed by atoms with van der Waals surface area (Å²) < 4.78 is 0. The van der Waals surface area contributed by atoms with Gasteiger partial charge < -0.3 is 5.73 Å². The molecule has 0 saturated heterocycles. The van der Waals surface area contributed by atoms with Crippen LogP contribution >= 0.6 is 0 Å². The third-order valence-corrected chi connectivity index (χ3v) is 1.52. The van der Waals surface area contributed by atoms with Crippen LogP contribution in [0.5, 0.6) is 0 Å². The first-order valence-corrected chi connectivity index (χ1v) is 4.03. The summed E-state index contributed by atoms with van der Waals surface area (Å²) in [6.45, 7) is 4.41. The molecule has 0 bridgehead atoms. The fourth-order valence-electron chi connectivity index (χ4n) is 0.812. The summed E-state index contributed by atoms with van der Waals surface area (Å²) >= 11 is 0. The average molecular weight is 154 g/mol. The highest BCUT2D eigenvalue weighted by atomic mass is 14.6. The minimum atomic E-state index is 0.732. The van der Waals surface area contributed by atoms with Gasteiger partial charge >= 0.3 is 0 Å². The first-order valence-electron chi connectivity index (χ1n) is 4.03. The minimum Gasteiger partial charge on any atom is -0.404 e. The van der Waals surface area contributed by atoms with E-state index < -0.39 is 0 Å². The van der Waals surface area contributed by atoms with Gasteiger partial charge in [0, 0.05) is 13.3 Å². The molecule has 0 rings (SSSR count). The van der Waals surface area contributed by atoms with Crippen molar-refractivity contribution in [1.82, 2.24) is 0 Å². The van der Waals surface area contributed by atoms with E-state index in [0.29, 0.717) is 0 Å². The van der Waals surface area contributed by atoms with Crippen LogP contribution in [-0.4, -0.2) is 13.3 Å². The number of hydrogen-bond donors (Lipinski definition) is 1. The maximum atomic E-state index is 5.39. The number of aliphatic imine (C=N–C) groups is 1. The lowest BCUT2D eigenvalue weighted by molar-refractivity contribution is 0.590. The van der Waals surface area contributed by atoms with Gasteiger partial charge in [-0.05, 0) is 30.5 Å². The molecular weight excluding hydrogens is 136 g/mol. The van der Waals surface area contributed by atoms with Crippen molar-refractivity contribution in [1.29, 1.82) is 0 Å². The molecule has 0 fully saturated rings. The van der Waals surface area contributed by atoms with Gasteiger partial charge in [-0.15, -0.1) is 0 Å². The fraction of sp³-hybridized carbons (Fsp3) is 0.667. The molecule has 2 heteroatoms. The van der Waals surface area contributed by atoms with Crippen LogP contribution in [0.4, 0.5) is 0 Å². The molecule has 0 aliphatic rings. The van der Waals surface area contributed by atoms with Gasteiger partial charge in [0.05, 0.1) is 0 Å². The second-order valence-electron chi connectivity index (χ2n) is 3.06. The van der Waals surface area contributed by atoms with E-state index in [9.17, 15) is 0 Å². The van der Waals surface area contributed by atoms with E-state index in [2.05, 4.69) is 18.8 Å². The largest absolute Gasteiger partial charge is 0.404 e. The molecule has 0 aromatic carbocycles.